The summed E-state index contributed by atoms with van der Waals surface area (Å²) in [5.41, 5.74) is 1.56. The number of nitrogens with zero attached hydrogens (tertiary/aromatic N) is 3. The number of carbonyl (C=O) groups is 1. The van der Waals surface area contributed by atoms with Crippen molar-refractivity contribution in [3.8, 4) is 11.5 Å². The Balaban J connectivity index is 1.73. The standard InChI is InChI=1S/C21H17N3O4S/c25-20-17-13-5-1-2-7-16(13)29-19(17)23-18(14-6-3-4-10-22-14)24(20)11-12-8-9-15(28-12)21(26)27/h3-4,6,8-10H,1-2,5,7,11H2,(H,26,27). The quantitative estimate of drug-likeness (QED) is 0.553. The van der Waals surface area contributed by atoms with Gasteiger partial charge in [-0.3, -0.25) is 14.3 Å². The molecule has 29 heavy (non-hydrogen) atoms. The van der Waals surface area contributed by atoms with Crippen LogP contribution >= 0.6 is 11.3 Å². The molecule has 0 radical (unpaired) electrons. The number of aromatic carboxylic acids is 1. The van der Waals surface area contributed by atoms with E-state index < -0.39 is 5.97 Å². The van der Waals surface area contributed by atoms with Crippen molar-refractivity contribution in [3.63, 3.8) is 0 Å². The summed E-state index contributed by atoms with van der Waals surface area (Å²) in [4.78, 5) is 35.8. The number of hydrogen-bond donors (Lipinski definition) is 1. The zero-order chi connectivity index (χ0) is 20.0. The summed E-state index contributed by atoms with van der Waals surface area (Å²) in [6, 6.07) is 8.42. The zero-order valence-electron chi connectivity index (χ0n) is 15.4. The van der Waals surface area contributed by atoms with Gasteiger partial charge in [-0.15, -0.1) is 11.3 Å². The third kappa shape index (κ3) is 3.05. The zero-order valence-corrected chi connectivity index (χ0v) is 16.2. The average Bonchev–Trinajstić information content (AvgIpc) is 3.35. The lowest BCUT2D eigenvalue weighted by atomic mass is 9.97. The first-order valence-electron chi connectivity index (χ1n) is 9.40. The summed E-state index contributed by atoms with van der Waals surface area (Å²) < 4.78 is 6.93. The summed E-state index contributed by atoms with van der Waals surface area (Å²) in [5.74, 6) is -0.467. The highest BCUT2D eigenvalue weighted by atomic mass is 32.1. The van der Waals surface area contributed by atoms with E-state index in [-0.39, 0.29) is 17.9 Å². The van der Waals surface area contributed by atoms with Gasteiger partial charge in [0.2, 0.25) is 5.76 Å². The molecule has 0 aromatic carbocycles. The molecule has 4 aromatic rings. The second kappa shape index (κ2) is 6.97. The van der Waals surface area contributed by atoms with Crippen LogP contribution in [0.3, 0.4) is 0 Å². The van der Waals surface area contributed by atoms with E-state index in [1.807, 2.05) is 12.1 Å². The van der Waals surface area contributed by atoms with E-state index >= 15 is 0 Å². The first-order valence-corrected chi connectivity index (χ1v) is 10.2. The van der Waals surface area contributed by atoms with Crippen LogP contribution in [0.25, 0.3) is 21.7 Å². The average molecular weight is 407 g/mol. The Morgan fingerprint density at radius 2 is 2.07 bits per heavy atom. The molecular weight excluding hydrogens is 390 g/mol. The second-order valence-electron chi connectivity index (χ2n) is 7.00. The molecule has 1 N–H and O–H groups in total. The third-order valence-electron chi connectivity index (χ3n) is 5.16. The molecule has 146 valence electrons. The molecule has 0 saturated heterocycles. The molecule has 0 fully saturated rings. The maximum atomic E-state index is 13.5. The van der Waals surface area contributed by atoms with Gasteiger partial charge in [0, 0.05) is 11.1 Å². The van der Waals surface area contributed by atoms with E-state index in [2.05, 4.69) is 4.98 Å². The second-order valence-corrected chi connectivity index (χ2v) is 8.09. The van der Waals surface area contributed by atoms with Crippen molar-refractivity contribution < 1.29 is 14.3 Å². The van der Waals surface area contributed by atoms with Crippen molar-refractivity contribution in [3.05, 3.63) is 68.8 Å². The number of aryl methyl sites for hydroxylation is 2. The molecule has 0 unspecified atom stereocenters. The minimum Gasteiger partial charge on any atom is -0.475 e. The molecule has 0 amide bonds. The van der Waals surface area contributed by atoms with E-state index in [4.69, 9.17) is 14.5 Å². The smallest absolute Gasteiger partial charge is 0.371 e. The van der Waals surface area contributed by atoms with Crippen molar-refractivity contribution in [1.82, 2.24) is 14.5 Å². The van der Waals surface area contributed by atoms with Gasteiger partial charge >= 0.3 is 5.97 Å². The van der Waals surface area contributed by atoms with Gasteiger partial charge in [-0.2, -0.15) is 0 Å². The molecule has 1 aliphatic carbocycles. The number of thiophene rings is 1. The molecule has 7 nitrogen and oxygen atoms in total. The third-order valence-corrected chi connectivity index (χ3v) is 6.34. The summed E-state index contributed by atoms with van der Waals surface area (Å²) in [6.07, 6.45) is 5.73. The lowest BCUT2D eigenvalue weighted by Gasteiger charge is -2.12. The normalized spacial score (nSPS) is 13.5. The number of furan rings is 1. The van der Waals surface area contributed by atoms with Crippen LogP contribution in [0.1, 0.15) is 39.6 Å². The molecule has 5 rings (SSSR count). The maximum absolute atomic E-state index is 13.5. The van der Waals surface area contributed by atoms with E-state index in [0.29, 0.717) is 22.7 Å². The first kappa shape index (κ1) is 17.8. The number of aromatic nitrogens is 3. The predicted molar refractivity (Wildman–Crippen MR) is 109 cm³/mol. The summed E-state index contributed by atoms with van der Waals surface area (Å²) in [5, 5.41) is 9.79. The molecule has 0 bridgehead atoms. The first-order chi connectivity index (χ1) is 14.1. The summed E-state index contributed by atoms with van der Waals surface area (Å²) in [7, 11) is 0. The minimum atomic E-state index is -1.14. The van der Waals surface area contributed by atoms with Crippen LogP contribution in [-0.4, -0.2) is 25.6 Å². The van der Waals surface area contributed by atoms with Crippen molar-refractivity contribution in [2.24, 2.45) is 0 Å². The fraction of sp³-hybridized carbons (Fsp3) is 0.238. The topological polar surface area (TPSA) is 98.2 Å². The molecule has 8 heteroatoms. The van der Waals surface area contributed by atoms with Gasteiger partial charge in [-0.25, -0.2) is 9.78 Å². The van der Waals surface area contributed by atoms with Crippen LogP contribution < -0.4 is 5.56 Å². The van der Waals surface area contributed by atoms with Gasteiger partial charge in [0.1, 0.15) is 16.3 Å². The van der Waals surface area contributed by atoms with Crippen molar-refractivity contribution in [2.75, 3.05) is 0 Å². The molecule has 4 aromatic heterocycles. The predicted octanol–water partition coefficient (Wildman–Crippen LogP) is 3.74. The molecule has 0 spiro atoms. The minimum absolute atomic E-state index is 0.0889. The number of hydrogen-bond acceptors (Lipinski definition) is 6. The summed E-state index contributed by atoms with van der Waals surface area (Å²) in [6.45, 7) is 0.0889. The van der Waals surface area contributed by atoms with Gasteiger partial charge in [-0.05, 0) is 55.5 Å². The van der Waals surface area contributed by atoms with E-state index in [1.54, 1.807) is 29.7 Å². The lowest BCUT2D eigenvalue weighted by molar-refractivity contribution is 0.0660. The number of rotatable bonds is 4. The van der Waals surface area contributed by atoms with Gasteiger partial charge in [0.25, 0.3) is 5.56 Å². The Labute approximate surface area is 169 Å². The number of fused-ring (bicyclic) bond motifs is 3. The maximum Gasteiger partial charge on any atom is 0.371 e. The molecule has 0 atom stereocenters. The van der Waals surface area contributed by atoms with E-state index in [0.717, 1.165) is 36.1 Å². The fourth-order valence-corrected chi connectivity index (χ4v) is 5.06. The highest BCUT2D eigenvalue weighted by Crippen LogP contribution is 2.34. The van der Waals surface area contributed by atoms with E-state index in [9.17, 15) is 9.59 Å². The van der Waals surface area contributed by atoms with Gasteiger partial charge in [0.05, 0.1) is 11.9 Å². The molecule has 4 heterocycles. The van der Waals surface area contributed by atoms with Crippen molar-refractivity contribution in [2.45, 2.75) is 32.2 Å². The number of pyridine rings is 1. The van der Waals surface area contributed by atoms with Crippen molar-refractivity contribution >= 4 is 27.5 Å². The van der Waals surface area contributed by atoms with Crippen LogP contribution in [0.15, 0.2) is 45.7 Å². The largest absolute Gasteiger partial charge is 0.475 e. The van der Waals surface area contributed by atoms with Gasteiger partial charge in [-0.1, -0.05) is 6.07 Å². The highest BCUT2D eigenvalue weighted by Gasteiger charge is 2.23. The number of carboxylic acids is 1. The Hall–Kier alpha value is -3.26. The molecule has 0 aliphatic heterocycles. The Morgan fingerprint density at radius 1 is 1.21 bits per heavy atom. The Bertz CT molecular complexity index is 1290. The fourth-order valence-electron chi connectivity index (χ4n) is 3.81. The van der Waals surface area contributed by atoms with Crippen LogP contribution in [-0.2, 0) is 19.4 Å². The van der Waals surface area contributed by atoms with Crippen LogP contribution in [0.2, 0.25) is 0 Å². The molecule has 1 aliphatic rings. The van der Waals surface area contributed by atoms with Crippen LogP contribution in [0.5, 0.6) is 0 Å². The SMILES string of the molecule is O=C(O)c1ccc(Cn2c(-c3ccccn3)nc3sc4c(c3c2=O)CCCC4)o1. The lowest BCUT2D eigenvalue weighted by Crippen LogP contribution is -2.24. The Morgan fingerprint density at radius 3 is 2.83 bits per heavy atom. The van der Waals surface area contributed by atoms with Crippen molar-refractivity contribution in [1.29, 1.82) is 0 Å². The molecular formula is C21H17N3O4S. The highest BCUT2D eigenvalue weighted by molar-refractivity contribution is 7.18. The molecule has 0 saturated carbocycles. The van der Waals surface area contributed by atoms with Gasteiger partial charge in [0.15, 0.2) is 5.82 Å². The van der Waals surface area contributed by atoms with Crippen LogP contribution in [0.4, 0.5) is 0 Å². The van der Waals surface area contributed by atoms with Crippen LogP contribution in [0, 0.1) is 0 Å². The Kier molecular flexibility index (Phi) is 4.28. The monoisotopic (exact) mass is 407 g/mol. The number of carboxylic acid groups (broad SMARTS) is 1. The summed E-state index contributed by atoms with van der Waals surface area (Å²) >= 11 is 1.59. The van der Waals surface area contributed by atoms with E-state index in [1.165, 1.54) is 15.5 Å². The van der Waals surface area contributed by atoms with Gasteiger partial charge < -0.3 is 9.52 Å².